The van der Waals surface area contributed by atoms with E-state index < -0.39 is 0 Å². The molecule has 5 nitrogen and oxygen atoms in total. The van der Waals surface area contributed by atoms with Crippen LogP contribution in [0.15, 0.2) is 24.4 Å². The van der Waals surface area contributed by atoms with Gasteiger partial charge >= 0.3 is 0 Å². The average Bonchev–Trinajstić information content (AvgIpc) is 3.12. The number of pyridine rings is 1. The van der Waals surface area contributed by atoms with E-state index >= 15 is 0 Å². The van der Waals surface area contributed by atoms with Gasteiger partial charge in [-0.3, -0.25) is 9.78 Å². The van der Waals surface area contributed by atoms with Crippen LogP contribution >= 0.6 is 0 Å². The van der Waals surface area contributed by atoms with Crippen LogP contribution in [-0.2, 0) is 16.1 Å². The summed E-state index contributed by atoms with van der Waals surface area (Å²) in [7, 11) is 1.63. The van der Waals surface area contributed by atoms with E-state index in [0.717, 1.165) is 12.1 Å². The molecule has 1 aliphatic rings. The highest BCUT2D eigenvalue weighted by Gasteiger charge is 2.42. The van der Waals surface area contributed by atoms with Crippen molar-refractivity contribution in [3.8, 4) is 0 Å². The fraction of sp³-hybridized carbons (Fsp3) is 0.538. The van der Waals surface area contributed by atoms with Crippen molar-refractivity contribution in [1.29, 1.82) is 0 Å². The van der Waals surface area contributed by atoms with Crippen LogP contribution in [0.2, 0.25) is 0 Å². The molecule has 2 N–H and O–H groups in total. The number of ether oxygens (including phenoxy) is 1. The Bertz CT molecular complexity index is 396. The number of methoxy groups -OCH3 is 1. The molecule has 0 spiro atoms. The second kappa shape index (κ2) is 5.93. The smallest absolute Gasteiger partial charge is 0.227 e. The monoisotopic (exact) mass is 249 g/mol. The Morgan fingerprint density at radius 2 is 2.39 bits per heavy atom. The zero-order chi connectivity index (χ0) is 13.0. The highest BCUT2D eigenvalue weighted by molar-refractivity contribution is 5.82. The largest absolute Gasteiger partial charge is 0.383 e. The van der Waals surface area contributed by atoms with E-state index in [4.69, 9.17) is 10.5 Å². The zero-order valence-corrected chi connectivity index (χ0v) is 10.6. The minimum atomic E-state index is -0.00873. The molecule has 1 heterocycles. The van der Waals surface area contributed by atoms with Crippen LogP contribution in [-0.4, -0.2) is 42.1 Å². The summed E-state index contributed by atoms with van der Waals surface area (Å²) in [6.45, 7) is 1.63. The van der Waals surface area contributed by atoms with Crippen LogP contribution in [0, 0.1) is 5.92 Å². The molecule has 1 amide bonds. The standard InChI is InChI=1S/C13H19N3O2/c1-18-7-6-16(13(17)11-8-12(11)14)9-10-4-2-3-5-15-10/h2-5,11-12H,6-9,14H2,1H3. The van der Waals surface area contributed by atoms with Gasteiger partial charge in [0.15, 0.2) is 0 Å². The second-order valence-corrected chi connectivity index (χ2v) is 4.58. The van der Waals surface area contributed by atoms with E-state index in [2.05, 4.69) is 4.98 Å². The zero-order valence-electron chi connectivity index (χ0n) is 10.6. The lowest BCUT2D eigenvalue weighted by atomic mass is 10.3. The van der Waals surface area contributed by atoms with Crippen molar-refractivity contribution in [3.05, 3.63) is 30.1 Å². The van der Waals surface area contributed by atoms with E-state index in [1.165, 1.54) is 0 Å². The molecule has 2 unspecified atom stereocenters. The molecule has 0 radical (unpaired) electrons. The Morgan fingerprint density at radius 3 is 2.94 bits per heavy atom. The van der Waals surface area contributed by atoms with Crippen LogP contribution in [0.25, 0.3) is 0 Å². The Labute approximate surface area is 107 Å². The van der Waals surface area contributed by atoms with E-state index in [1.54, 1.807) is 18.2 Å². The third-order valence-electron chi connectivity index (χ3n) is 3.11. The lowest BCUT2D eigenvalue weighted by molar-refractivity contribution is -0.134. The topological polar surface area (TPSA) is 68.5 Å². The van der Waals surface area contributed by atoms with Crippen LogP contribution in [0.4, 0.5) is 0 Å². The number of rotatable bonds is 6. The van der Waals surface area contributed by atoms with Crippen LogP contribution in [0.5, 0.6) is 0 Å². The number of aromatic nitrogens is 1. The van der Waals surface area contributed by atoms with Crippen molar-refractivity contribution in [2.75, 3.05) is 20.3 Å². The summed E-state index contributed by atoms with van der Waals surface area (Å²) >= 11 is 0. The number of carbonyl (C=O) groups is 1. The van der Waals surface area contributed by atoms with Crippen molar-refractivity contribution in [2.24, 2.45) is 11.7 Å². The van der Waals surface area contributed by atoms with Crippen molar-refractivity contribution in [2.45, 2.75) is 19.0 Å². The molecule has 1 fully saturated rings. The van der Waals surface area contributed by atoms with Gasteiger partial charge < -0.3 is 15.4 Å². The molecule has 5 heteroatoms. The van der Waals surface area contributed by atoms with E-state index in [1.807, 2.05) is 18.2 Å². The summed E-state index contributed by atoms with van der Waals surface area (Å²) < 4.78 is 5.04. The molecular weight excluding hydrogens is 230 g/mol. The molecule has 2 atom stereocenters. The lowest BCUT2D eigenvalue weighted by Gasteiger charge is -2.22. The van der Waals surface area contributed by atoms with Crippen molar-refractivity contribution in [1.82, 2.24) is 9.88 Å². The van der Waals surface area contributed by atoms with Gasteiger partial charge in [0.1, 0.15) is 0 Å². The van der Waals surface area contributed by atoms with Gasteiger partial charge in [-0.1, -0.05) is 6.07 Å². The summed E-state index contributed by atoms with van der Waals surface area (Å²) in [5.74, 6) is 0.107. The SMILES string of the molecule is COCCN(Cc1ccccn1)C(=O)C1CC1N. The highest BCUT2D eigenvalue weighted by atomic mass is 16.5. The molecule has 2 rings (SSSR count). The molecule has 0 aliphatic heterocycles. The molecule has 1 aromatic heterocycles. The molecule has 18 heavy (non-hydrogen) atoms. The van der Waals surface area contributed by atoms with Gasteiger partial charge in [0.25, 0.3) is 0 Å². The molecule has 0 saturated heterocycles. The summed E-state index contributed by atoms with van der Waals surface area (Å²) in [6.07, 6.45) is 2.53. The molecule has 0 aromatic carbocycles. The van der Waals surface area contributed by atoms with Gasteiger partial charge in [-0.05, 0) is 18.6 Å². The number of hydrogen-bond acceptors (Lipinski definition) is 4. The van der Waals surface area contributed by atoms with Gasteiger partial charge in [0.05, 0.1) is 24.8 Å². The van der Waals surface area contributed by atoms with Crippen LogP contribution in [0.1, 0.15) is 12.1 Å². The molecule has 0 bridgehead atoms. The van der Waals surface area contributed by atoms with Crippen molar-refractivity contribution < 1.29 is 9.53 Å². The minimum Gasteiger partial charge on any atom is -0.383 e. The number of nitrogens with zero attached hydrogens (tertiary/aromatic N) is 2. The summed E-state index contributed by atoms with van der Waals surface area (Å²) in [6, 6.07) is 5.73. The number of amides is 1. The third-order valence-corrected chi connectivity index (χ3v) is 3.11. The van der Waals surface area contributed by atoms with Gasteiger partial charge in [-0.2, -0.15) is 0 Å². The third kappa shape index (κ3) is 3.27. The number of nitrogens with two attached hydrogens (primary N) is 1. The molecule has 1 aliphatic carbocycles. The summed E-state index contributed by atoms with van der Waals surface area (Å²) in [4.78, 5) is 18.2. The van der Waals surface area contributed by atoms with Gasteiger partial charge in [0, 0.05) is 25.9 Å². The van der Waals surface area contributed by atoms with E-state index in [9.17, 15) is 4.79 Å². The Kier molecular flexibility index (Phi) is 4.28. The predicted molar refractivity (Wildman–Crippen MR) is 67.6 cm³/mol. The molecule has 1 aromatic rings. The van der Waals surface area contributed by atoms with Crippen LogP contribution in [0.3, 0.4) is 0 Å². The van der Waals surface area contributed by atoms with Gasteiger partial charge in [-0.25, -0.2) is 0 Å². The highest BCUT2D eigenvalue weighted by Crippen LogP contribution is 2.30. The first-order valence-corrected chi connectivity index (χ1v) is 6.15. The summed E-state index contributed by atoms with van der Waals surface area (Å²) in [5.41, 5.74) is 6.62. The van der Waals surface area contributed by atoms with Gasteiger partial charge in [0.2, 0.25) is 5.91 Å². The number of carbonyl (C=O) groups excluding carboxylic acids is 1. The minimum absolute atomic E-state index is 0.00873. The first-order valence-electron chi connectivity index (χ1n) is 6.15. The fourth-order valence-electron chi connectivity index (χ4n) is 1.89. The second-order valence-electron chi connectivity index (χ2n) is 4.58. The quantitative estimate of drug-likeness (QED) is 0.792. The Hall–Kier alpha value is -1.46. The Balaban J connectivity index is 1.98. The normalized spacial score (nSPS) is 21.7. The van der Waals surface area contributed by atoms with Crippen LogP contribution < -0.4 is 5.73 Å². The lowest BCUT2D eigenvalue weighted by Crippen LogP contribution is -2.36. The maximum absolute atomic E-state index is 12.2. The van der Waals surface area contributed by atoms with Gasteiger partial charge in [-0.15, -0.1) is 0 Å². The molecular formula is C13H19N3O2. The maximum Gasteiger partial charge on any atom is 0.227 e. The van der Waals surface area contributed by atoms with Crippen molar-refractivity contribution in [3.63, 3.8) is 0 Å². The predicted octanol–water partition coefficient (Wildman–Crippen LogP) is 0.404. The molecule has 98 valence electrons. The Morgan fingerprint density at radius 1 is 1.61 bits per heavy atom. The van der Waals surface area contributed by atoms with E-state index in [0.29, 0.717) is 19.7 Å². The summed E-state index contributed by atoms with van der Waals surface area (Å²) in [5, 5.41) is 0. The van der Waals surface area contributed by atoms with Crippen molar-refractivity contribution >= 4 is 5.91 Å². The number of hydrogen-bond donors (Lipinski definition) is 1. The maximum atomic E-state index is 12.2. The first-order chi connectivity index (χ1) is 8.72. The first kappa shape index (κ1) is 13.0. The average molecular weight is 249 g/mol. The fourth-order valence-corrected chi connectivity index (χ4v) is 1.89. The molecule has 1 saturated carbocycles. The van der Waals surface area contributed by atoms with E-state index in [-0.39, 0.29) is 17.9 Å².